The van der Waals surface area contributed by atoms with Gasteiger partial charge in [-0.15, -0.1) is 0 Å². The first-order chi connectivity index (χ1) is 8.85. The summed E-state index contributed by atoms with van der Waals surface area (Å²) in [6.45, 7) is 1.69. The molecule has 0 aliphatic carbocycles. The first-order valence-corrected chi connectivity index (χ1v) is 7.54. The van der Waals surface area contributed by atoms with Gasteiger partial charge in [-0.3, -0.25) is 4.57 Å². The molecule has 2 heterocycles. The molecule has 1 atom stereocenters. The van der Waals surface area contributed by atoms with Gasteiger partial charge in [0.05, 0.1) is 6.10 Å². The number of nitrogens with zero attached hydrogens (tertiary/aromatic N) is 3. The van der Waals surface area contributed by atoms with Crippen molar-refractivity contribution in [1.82, 2.24) is 19.9 Å². The van der Waals surface area contributed by atoms with Crippen LogP contribution in [0.4, 0.5) is 0 Å². The number of ether oxygens (including phenoxy) is 1. The first kappa shape index (κ1) is 14.4. The summed E-state index contributed by atoms with van der Waals surface area (Å²) in [6, 6.07) is 0. The quantitative estimate of drug-likeness (QED) is 0.558. The van der Waals surface area contributed by atoms with E-state index in [4.69, 9.17) is 26.1 Å². The molecule has 0 bridgehead atoms. The zero-order valence-corrected chi connectivity index (χ0v) is 11.6. The van der Waals surface area contributed by atoms with Crippen LogP contribution in [0.25, 0.3) is 11.2 Å². The van der Waals surface area contributed by atoms with Crippen molar-refractivity contribution < 1.29 is 19.1 Å². The Labute approximate surface area is 113 Å². The van der Waals surface area contributed by atoms with Crippen LogP contribution in [-0.4, -0.2) is 42.2 Å². The Morgan fingerprint density at radius 3 is 2.89 bits per heavy atom. The second kappa shape index (κ2) is 5.52. The Kier molecular flexibility index (Phi) is 4.17. The van der Waals surface area contributed by atoms with Crippen LogP contribution in [0, 0.1) is 0 Å². The molecule has 0 aliphatic rings. The molecule has 0 spiro atoms. The number of rotatable bonds is 5. The highest BCUT2D eigenvalue weighted by Gasteiger charge is 2.17. The molecule has 2 aromatic heterocycles. The smallest absolute Gasteiger partial charge is 0.350 e. The molecule has 0 saturated heterocycles. The van der Waals surface area contributed by atoms with Gasteiger partial charge in [-0.2, -0.15) is 0 Å². The van der Waals surface area contributed by atoms with E-state index < -0.39 is 20.0 Å². The third-order valence-electron chi connectivity index (χ3n) is 2.30. The van der Waals surface area contributed by atoms with Crippen molar-refractivity contribution >= 4 is 30.4 Å². The molecule has 0 aromatic carbocycles. The lowest BCUT2D eigenvalue weighted by Gasteiger charge is -2.11. The number of nitrogens with one attached hydrogen (secondary N) is 1. The molecule has 2 rings (SSSR count). The van der Waals surface area contributed by atoms with Crippen LogP contribution in [0.5, 0.6) is 0 Å². The minimum atomic E-state index is -4.16. The second-order valence-electron chi connectivity index (χ2n) is 4.02. The maximum absolute atomic E-state index is 10.7. The third-order valence-corrected chi connectivity index (χ3v) is 3.07. The van der Waals surface area contributed by atoms with Crippen LogP contribution < -0.4 is 0 Å². The Morgan fingerprint density at radius 2 is 2.26 bits per heavy atom. The molecular weight excluding hydrogens is 295 g/mol. The van der Waals surface area contributed by atoms with Crippen molar-refractivity contribution in [2.45, 2.75) is 19.4 Å². The minimum Gasteiger partial charge on any atom is -0.365 e. The van der Waals surface area contributed by atoms with E-state index in [9.17, 15) is 4.57 Å². The number of H-pyrrole nitrogens is 1. The lowest BCUT2D eigenvalue weighted by molar-refractivity contribution is 0.0874. The highest BCUT2D eigenvalue weighted by atomic mass is 35.5. The van der Waals surface area contributed by atoms with Crippen LogP contribution in [-0.2, 0) is 15.7 Å². The zero-order valence-electron chi connectivity index (χ0n) is 9.95. The highest BCUT2D eigenvalue weighted by Crippen LogP contribution is 2.34. The van der Waals surface area contributed by atoms with Gasteiger partial charge in [0.15, 0.2) is 10.8 Å². The Balaban J connectivity index is 2.05. The lowest BCUT2D eigenvalue weighted by Crippen LogP contribution is -2.13. The van der Waals surface area contributed by atoms with Crippen molar-refractivity contribution in [2.75, 3.05) is 6.35 Å². The van der Waals surface area contributed by atoms with Gasteiger partial charge in [0.1, 0.15) is 24.0 Å². The average Bonchev–Trinajstić information content (AvgIpc) is 2.69. The Morgan fingerprint density at radius 1 is 1.53 bits per heavy atom. The predicted molar refractivity (Wildman–Crippen MR) is 67.9 cm³/mol. The molecule has 0 aliphatic heterocycles. The summed E-state index contributed by atoms with van der Waals surface area (Å²) < 4.78 is 15.7. The zero-order chi connectivity index (χ0) is 14.0. The van der Waals surface area contributed by atoms with Crippen molar-refractivity contribution in [2.24, 2.45) is 0 Å². The van der Waals surface area contributed by atoms with Gasteiger partial charge in [-0.1, -0.05) is 11.6 Å². The van der Waals surface area contributed by atoms with Crippen LogP contribution in [0.2, 0.25) is 5.15 Å². The number of halogens is 1. The van der Waals surface area contributed by atoms with Crippen LogP contribution in [0.1, 0.15) is 12.7 Å². The molecule has 0 radical (unpaired) electrons. The molecule has 19 heavy (non-hydrogen) atoms. The van der Waals surface area contributed by atoms with E-state index in [2.05, 4.69) is 19.9 Å². The Hall–Kier alpha value is -1.05. The van der Waals surface area contributed by atoms with Crippen molar-refractivity contribution in [3.8, 4) is 0 Å². The molecule has 8 nitrogen and oxygen atoms in total. The topological polar surface area (TPSA) is 121 Å². The number of imidazole rings is 1. The van der Waals surface area contributed by atoms with Gasteiger partial charge < -0.3 is 19.5 Å². The summed E-state index contributed by atoms with van der Waals surface area (Å²) >= 11 is 5.87. The summed E-state index contributed by atoms with van der Waals surface area (Å²) in [7, 11) is -4.16. The summed E-state index contributed by atoms with van der Waals surface area (Å²) in [5, 5.41) is 0.271. The van der Waals surface area contributed by atoms with Gasteiger partial charge in [-0.25, -0.2) is 15.0 Å². The van der Waals surface area contributed by atoms with Gasteiger partial charge in [-0.05, 0) is 6.92 Å². The molecule has 3 N–H and O–H groups in total. The van der Waals surface area contributed by atoms with E-state index in [0.717, 1.165) is 0 Å². The highest BCUT2D eigenvalue weighted by molar-refractivity contribution is 7.51. The number of hydrogen-bond donors (Lipinski definition) is 3. The number of hydrogen-bond acceptors (Lipinski definition) is 5. The number of fused-ring (bicyclic) bond motifs is 1. The average molecular weight is 307 g/mol. The first-order valence-electron chi connectivity index (χ1n) is 5.36. The van der Waals surface area contributed by atoms with Crippen molar-refractivity contribution in [1.29, 1.82) is 0 Å². The molecule has 10 heteroatoms. The molecular formula is C9H12ClN4O4P. The van der Waals surface area contributed by atoms with Crippen LogP contribution >= 0.6 is 19.2 Å². The summed E-state index contributed by atoms with van der Waals surface area (Å²) in [4.78, 5) is 32.3. The van der Waals surface area contributed by atoms with Gasteiger partial charge in [0.2, 0.25) is 0 Å². The largest absolute Gasteiger partial charge is 0.365 e. The fourth-order valence-electron chi connectivity index (χ4n) is 1.50. The SMILES string of the molecule is CC(Cc1nc2ncnc(Cl)c2[nH]1)OCP(=O)(O)O. The monoisotopic (exact) mass is 306 g/mol. The second-order valence-corrected chi connectivity index (χ2v) is 5.97. The van der Waals surface area contributed by atoms with Gasteiger partial charge >= 0.3 is 7.60 Å². The molecule has 2 aromatic rings. The summed E-state index contributed by atoms with van der Waals surface area (Å²) in [5.74, 6) is 0.565. The van der Waals surface area contributed by atoms with E-state index >= 15 is 0 Å². The van der Waals surface area contributed by atoms with E-state index in [-0.39, 0.29) is 5.15 Å². The van der Waals surface area contributed by atoms with Crippen LogP contribution in [0.15, 0.2) is 6.33 Å². The normalized spacial score (nSPS) is 13.9. The van der Waals surface area contributed by atoms with Gasteiger partial charge in [0.25, 0.3) is 0 Å². The molecule has 0 saturated carbocycles. The molecule has 0 fully saturated rings. The van der Waals surface area contributed by atoms with E-state index in [1.54, 1.807) is 6.92 Å². The Bertz CT molecular complexity index is 628. The molecule has 104 valence electrons. The number of aromatic nitrogens is 4. The third kappa shape index (κ3) is 3.95. The van der Waals surface area contributed by atoms with Crippen molar-refractivity contribution in [3.05, 3.63) is 17.3 Å². The maximum atomic E-state index is 10.7. The van der Waals surface area contributed by atoms with Crippen LogP contribution in [0.3, 0.4) is 0 Å². The summed E-state index contributed by atoms with van der Waals surface area (Å²) in [5.41, 5.74) is 0.971. The summed E-state index contributed by atoms with van der Waals surface area (Å²) in [6.07, 6.45) is 0.643. The van der Waals surface area contributed by atoms with Gasteiger partial charge in [0, 0.05) is 6.42 Å². The fraction of sp³-hybridized carbons (Fsp3) is 0.444. The predicted octanol–water partition coefficient (Wildman–Crippen LogP) is 1.09. The molecule has 0 amide bonds. The van der Waals surface area contributed by atoms with E-state index in [1.807, 2.05) is 0 Å². The van der Waals surface area contributed by atoms with E-state index in [1.165, 1.54) is 6.33 Å². The molecule has 1 unspecified atom stereocenters. The van der Waals surface area contributed by atoms with E-state index in [0.29, 0.717) is 23.4 Å². The minimum absolute atomic E-state index is 0.271. The maximum Gasteiger partial charge on any atom is 0.350 e. The standard InChI is InChI=1S/C9H12ClN4O4P/c1-5(18-4-19(15,16)17)2-6-13-7-8(10)11-3-12-9(7)14-6/h3,5H,2,4H2,1H3,(H2,15,16,17)(H,11,12,13,14). The lowest BCUT2D eigenvalue weighted by atomic mass is 10.3. The number of aromatic amines is 1. The fourth-order valence-corrected chi connectivity index (χ4v) is 2.12. The van der Waals surface area contributed by atoms with Crippen molar-refractivity contribution in [3.63, 3.8) is 0 Å².